The predicted octanol–water partition coefficient (Wildman–Crippen LogP) is 2.22. The lowest BCUT2D eigenvalue weighted by molar-refractivity contribution is -0.120. The van der Waals surface area contributed by atoms with Crippen molar-refractivity contribution in [3.63, 3.8) is 0 Å². The first-order chi connectivity index (χ1) is 7.61. The maximum absolute atomic E-state index is 10.7. The fourth-order valence-corrected chi connectivity index (χ4v) is 1.72. The average molecular weight is 220 g/mol. The molecular formula is C13H16O3. The van der Waals surface area contributed by atoms with Crippen LogP contribution in [0, 0.1) is 12.3 Å². The van der Waals surface area contributed by atoms with E-state index in [-0.39, 0.29) is 5.41 Å². The summed E-state index contributed by atoms with van der Waals surface area (Å²) in [6.07, 6.45) is 0.841. The maximum atomic E-state index is 10.7. The molecule has 1 saturated heterocycles. The first kappa shape index (κ1) is 11.1. The molecule has 0 radical (unpaired) electrons. The summed E-state index contributed by atoms with van der Waals surface area (Å²) < 4.78 is 10.9. The molecule has 1 aliphatic rings. The summed E-state index contributed by atoms with van der Waals surface area (Å²) in [5.41, 5.74) is 1.82. The van der Waals surface area contributed by atoms with E-state index in [4.69, 9.17) is 9.47 Å². The number of hydrogen-bond acceptors (Lipinski definition) is 3. The van der Waals surface area contributed by atoms with Gasteiger partial charge in [-0.15, -0.1) is 0 Å². The van der Waals surface area contributed by atoms with E-state index in [1.807, 2.05) is 19.1 Å². The molecule has 2 rings (SSSR count). The molecule has 1 heterocycles. The van der Waals surface area contributed by atoms with Crippen molar-refractivity contribution in [2.24, 2.45) is 5.41 Å². The summed E-state index contributed by atoms with van der Waals surface area (Å²) in [5, 5.41) is 0. The largest absolute Gasteiger partial charge is 0.493 e. The highest BCUT2D eigenvalue weighted by atomic mass is 16.5. The van der Waals surface area contributed by atoms with Crippen LogP contribution in [0.15, 0.2) is 18.2 Å². The lowest BCUT2D eigenvalue weighted by Crippen LogP contribution is -2.44. The predicted molar refractivity (Wildman–Crippen MR) is 61.0 cm³/mol. The Balaban J connectivity index is 2.03. The topological polar surface area (TPSA) is 35.5 Å². The zero-order valence-electron chi connectivity index (χ0n) is 9.66. The van der Waals surface area contributed by atoms with E-state index >= 15 is 0 Å². The highest BCUT2D eigenvalue weighted by molar-refractivity contribution is 5.76. The Morgan fingerprint density at radius 3 is 2.75 bits per heavy atom. The Morgan fingerprint density at radius 2 is 2.19 bits per heavy atom. The van der Waals surface area contributed by atoms with Crippen LogP contribution in [0.2, 0.25) is 0 Å². The zero-order valence-corrected chi connectivity index (χ0v) is 9.66. The number of rotatable bonds is 4. The fraction of sp³-hybridized carbons (Fsp3) is 0.462. The molecule has 1 fully saturated rings. The van der Waals surface area contributed by atoms with E-state index in [0.29, 0.717) is 12.2 Å². The molecule has 0 aromatic heterocycles. The maximum Gasteiger partial charge on any atom is 0.150 e. The van der Waals surface area contributed by atoms with Crippen molar-refractivity contribution in [1.29, 1.82) is 0 Å². The molecule has 86 valence electrons. The van der Waals surface area contributed by atoms with Crippen LogP contribution in [-0.4, -0.2) is 26.1 Å². The number of carbonyl (C=O) groups is 1. The van der Waals surface area contributed by atoms with Crippen LogP contribution in [0.3, 0.4) is 0 Å². The van der Waals surface area contributed by atoms with Crippen molar-refractivity contribution in [2.45, 2.75) is 13.8 Å². The van der Waals surface area contributed by atoms with Gasteiger partial charge in [0.15, 0.2) is 0 Å². The quantitative estimate of drug-likeness (QED) is 0.730. The molecular weight excluding hydrogens is 204 g/mol. The Morgan fingerprint density at radius 1 is 1.44 bits per heavy atom. The second-order valence-electron chi connectivity index (χ2n) is 4.79. The SMILES string of the molecule is Cc1cc(C=O)cc(OCC2(C)COC2)c1. The molecule has 0 N–H and O–H groups in total. The molecule has 0 aliphatic carbocycles. The van der Waals surface area contributed by atoms with Crippen molar-refractivity contribution in [3.8, 4) is 5.75 Å². The van der Waals surface area contributed by atoms with Gasteiger partial charge in [-0.3, -0.25) is 4.79 Å². The highest BCUT2D eigenvalue weighted by Crippen LogP contribution is 2.28. The Labute approximate surface area is 95.4 Å². The summed E-state index contributed by atoms with van der Waals surface area (Å²) in [5.74, 6) is 0.759. The number of aldehydes is 1. The standard InChI is InChI=1S/C13H16O3/c1-10-3-11(6-14)5-12(4-10)16-9-13(2)7-15-8-13/h3-6H,7-9H2,1-2H3. The molecule has 3 nitrogen and oxygen atoms in total. The normalized spacial score (nSPS) is 17.6. The lowest BCUT2D eigenvalue weighted by Gasteiger charge is -2.37. The first-order valence-corrected chi connectivity index (χ1v) is 5.39. The van der Waals surface area contributed by atoms with Gasteiger partial charge in [-0.1, -0.05) is 6.92 Å². The van der Waals surface area contributed by atoms with Gasteiger partial charge in [0, 0.05) is 11.0 Å². The summed E-state index contributed by atoms with van der Waals surface area (Å²) in [4.78, 5) is 10.7. The van der Waals surface area contributed by atoms with Crippen molar-refractivity contribution in [3.05, 3.63) is 29.3 Å². The van der Waals surface area contributed by atoms with Gasteiger partial charge in [0.1, 0.15) is 12.0 Å². The van der Waals surface area contributed by atoms with Crippen LogP contribution in [0.25, 0.3) is 0 Å². The fourth-order valence-electron chi connectivity index (χ4n) is 1.72. The first-order valence-electron chi connectivity index (χ1n) is 5.39. The molecule has 16 heavy (non-hydrogen) atoms. The molecule has 1 aromatic carbocycles. The minimum Gasteiger partial charge on any atom is -0.493 e. The molecule has 0 bridgehead atoms. The van der Waals surface area contributed by atoms with E-state index in [1.54, 1.807) is 6.07 Å². The molecule has 0 amide bonds. The zero-order chi connectivity index (χ0) is 11.6. The van der Waals surface area contributed by atoms with Gasteiger partial charge in [0.2, 0.25) is 0 Å². The van der Waals surface area contributed by atoms with Crippen molar-refractivity contribution in [2.75, 3.05) is 19.8 Å². The number of aryl methyl sites for hydroxylation is 1. The van der Waals surface area contributed by atoms with E-state index < -0.39 is 0 Å². The third-order valence-electron chi connectivity index (χ3n) is 2.70. The van der Waals surface area contributed by atoms with Crippen LogP contribution in [0.5, 0.6) is 5.75 Å². The van der Waals surface area contributed by atoms with Crippen molar-refractivity contribution in [1.82, 2.24) is 0 Å². The number of ether oxygens (including phenoxy) is 2. The smallest absolute Gasteiger partial charge is 0.150 e. The number of benzene rings is 1. The van der Waals surface area contributed by atoms with E-state index in [2.05, 4.69) is 6.92 Å². The summed E-state index contributed by atoms with van der Waals surface area (Å²) >= 11 is 0. The van der Waals surface area contributed by atoms with Gasteiger partial charge >= 0.3 is 0 Å². The Hall–Kier alpha value is -1.35. The third kappa shape index (κ3) is 2.42. The van der Waals surface area contributed by atoms with Crippen molar-refractivity contribution >= 4 is 6.29 Å². The van der Waals surface area contributed by atoms with E-state index in [1.165, 1.54) is 0 Å². The van der Waals surface area contributed by atoms with Crippen LogP contribution in [-0.2, 0) is 4.74 Å². The summed E-state index contributed by atoms with van der Waals surface area (Å²) in [6.45, 7) is 6.22. The van der Waals surface area contributed by atoms with Gasteiger partial charge < -0.3 is 9.47 Å². The van der Waals surface area contributed by atoms with Crippen LogP contribution in [0.4, 0.5) is 0 Å². The third-order valence-corrected chi connectivity index (χ3v) is 2.70. The number of hydrogen-bond donors (Lipinski definition) is 0. The lowest BCUT2D eigenvalue weighted by atomic mass is 9.90. The molecule has 0 unspecified atom stereocenters. The van der Waals surface area contributed by atoms with Gasteiger partial charge in [0.25, 0.3) is 0 Å². The van der Waals surface area contributed by atoms with Gasteiger partial charge in [-0.2, -0.15) is 0 Å². The van der Waals surface area contributed by atoms with Gasteiger partial charge in [-0.25, -0.2) is 0 Å². The Kier molecular flexibility index (Phi) is 2.97. The molecule has 1 aliphatic heterocycles. The molecule has 1 aromatic rings. The second kappa shape index (κ2) is 4.26. The van der Waals surface area contributed by atoms with Crippen molar-refractivity contribution < 1.29 is 14.3 Å². The van der Waals surface area contributed by atoms with Gasteiger partial charge in [0.05, 0.1) is 19.8 Å². The number of carbonyl (C=O) groups excluding carboxylic acids is 1. The van der Waals surface area contributed by atoms with E-state index in [0.717, 1.165) is 30.8 Å². The monoisotopic (exact) mass is 220 g/mol. The molecule has 3 heteroatoms. The highest BCUT2D eigenvalue weighted by Gasteiger charge is 2.34. The van der Waals surface area contributed by atoms with Gasteiger partial charge in [-0.05, 0) is 30.7 Å². The molecule has 0 atom stereocenters. The van der Waals surface area contributed by atoms with Crippen LogP contribution >= 0.6 is 0 Å². The van der Waals surface area contributed by atoms with E-state index in [9.17, 15) is 4.79 Å². The molecule has 0 saturated carbocycles. The minimum atomic E-state index is 0.130. The summed E-state index contributed by atoms with van der Waals surface area (Å²) in [7, 11) is 0. The average Bonchev–Trinajstić information content (AvgIpc) is 2.23. The van der Waals surface area contributed by atoms with Crippen LogP contribution in [0.1, 0.15) is 22.8 Å². The minimum absolute atomic E-state index is 0.130. The second-order valence-corrected chi connectivity index (χ2v) is 4.79. The summed E-state index contributed by atoms with van der Waals surface area (Å²) in [6, 6.07) is 5.55. The molecule has 0 spiro atoms. The Bertz CT molecular complexity index is 394. The van der Waals surface area contributed by atoms with Crippen LogP contribution < -0.4 is 4.74 Å².